The van der Waals surface area contributed by atoms with Crippen molar-refractivity contribution < 1.29 is 144 Å². The number of rotatable bonds is 14. The van der Waals surface area contributed by atoms with Gasteiger partial charge in [0, 0.05) is 5.41 Å². The molecule has 5 aliphatic heterocycles. The van der Waals surface area contributed by atoms with Crippen molar-refractivity contribution in [3.8, 4) is 0 Å². The van der Waals surface area contributed by atoms with E-state index in [1.807, 2.05) is 6.92 Å². The highest BCUT2D eigenvalue weighted by Crippen LogP contribution is 2.76. The van der Waals surface area contributed by atoms with Crippen LogP contribution in [0.5, 0.6) is 0 Å². The Bertz CT molecular complexity index is 2420. The van der Waals surface area contributed by atoms with Gasteiger partial charge in [-0.3, -0.25) is 4.79 Å². The summed E-state index contributed by atoms with van der Waals surface area (Å²) in [4.78, 5) is 15.4. The first-order valence-electron chi connectivity index (χ1n) is 30.5. The van der Waals surface area contributed by atoms with E-state index in [-0.39, 0.29) is 30.6 Å². The van der Waals surface area contributed by atoms with Crippen molar-refractivity contribution in [2.75, 3.05) is 39.6 Å². The van der Waals surface area contributed by atoms with Crippen LogP contribution in [0, 0.1) is 50.2 Å². The molecule has 10 rings (SSSR count). The maximum atomic E-state index is 15.4. The maximum Gasteiger partial charge on any atom is 0.317 e. The van der Waals surface area contributed by atoms with Crippen molar-refractivity contribution in [1.29, 1.82) is 0 Å². The summed E-state index contributed by atoms with van der Waals surface area (Å²) in [5, 5.41) is 199. The quantitative estimate of drug-likeness (QED) is 0.0437. The molecule has 500 valence electrons. The van der Waals surface area contributed by atoms with Crippen LogP contribution in [0.3, 0.4) is 0 Å². The summed E-state index contributed by atoms with van der Waals surface area (Å²) in [7, 11) is 0. The van der Waals surface area contributed by atoms with E-state index in [4.69, 9.17) is 47.4 Å². The summed E-state index contributed by atoms with van der Waals surface area (Å²) in [5.74, 6) is -2.42. The average molecular weight is 1260 g/mol. The fourth-order valence-electron chi connectivity index (χ4n) is 17.7. The average Bonchev–Trinajstić information content (AvgIpc) is 0.675. The maximum absolute atomic E-state index is 15.4. The highest BCUT2D eigenvalue weighted by Gasteiger charge is 2.74. The number of fused-ring (bicyclic) bond motifs is 7. The first-order chi connectivity index (χ1) is 40.8. The van der Waals surface area contributed by atoms with E-state index in [9.17, 15) is 91.9 Å². The largest absolute Gasteiger partial charge is 0.432 e. The summed E-state index contributed by atoms with van der Waals surface area (Å²) in [5.41, 5.74) is -5.13. The van der Waals surface area contributed by atoms with Crippen LogP contribution in [-0.4, -0.2) is 297 Å². The minimum atomic E-state index is -1.98. The second kappa shape index (κ2) is 25.1. The van der Waals surface area contributed by atoms with Crippen LogP contribution in [-0.2, 0) is 52.2 Å². The zero-order valence-corrected chi connectivity index (χ0v) is 49.8. The highest BCUT2D eigenvalue weighted by atomic mass is 16.8. The van der Waals surface area contributed by atoms with Gasteiger partial charge in [0.1, 0.15) is 103 Å². The van der Waals surface area contributed by atoms with Gasteiger partial charge in [-0.15, -0.1) is 0 Å². The standard InChI is InChI=1S/C58H94O29/c1-22-43(83-47-39(73)33(67)26(64)18-78-47)38(72)41(75)48(80-22)85-45-34(68)27(65)19-79-51(45)87-52(77)58-12-11-53(2,3)13-24(58)23-7-8-30-54(4)14-25(63)46(57(20-61,21-62)31(54)9-10-55(30,5)56(23,6)15-32(58)66)86-50-42(76)44(36(70)29(17-60)82-50)84-49-40(74)37(71)35(69)28(16-59)81-49/h7,22,24-51,59-76H,8-21H2,1-6H3/t22-,24-,25-,26+,27+,28+,29+,30?,31?,32+,33-,34+,35+,36+,37-,38-,39+,40+,41+,42+,43-,44-,45-,46-,47-,48-,49-,50-,51+,54+,55+,56+,58+/m0/s1. The lowest BCUT2D eigenvalue weighted by Gasteiger charge is -2.72. The molecule has 0 amide bonds. The third kappa shape index (κ3) is 11.1. The minimum Gasteiger partial charge on any atom is -0.432 e. The third-order valence-corrected chi connectivity index (χ3v) is 22.9. The van der Waals surface area contributed by atoms with E-state index in [0.717, 1.165) is 5.57 Å². The molecule has 2 unspecified atom stereocenters. The van der Waals surface area contributed by atoms with Gasteiger partial charge >= 0.3 is 5.97 Å². The van der Waals surface area contributed by atoms with Crippen molar-refractivity contribution in [3.63, 3.8) is 0 Å². The van der Waals surface area contributed by atoms with Gasteiger partial charge in [0.2, 0.25) is 6.29 Å². The molecular formula is C58H94O29. The Kier molecular flexibility index (Phi) is 19.6. The summed E-state index contributed by atoms with van der Waals surface area (Å²) >= 11 is 0. The zero-order valence-electron chi connectivity index (χ0n) is 49.8. The van der Waals surface area contributed by atoms with Crippen molar-refractivity contribution >= 4 is 5.97 Å². The number of hydrogen-bond acceptors (Lipinski definition) is 29. The molecule has 0 aromatic heterocycles. The molecule has 5 saturated heterocycles. The van der Waals surface area contributed by atoms with Gasteiger partial charge in [0.25, 0.3) is 0 Å². The Morgan fingerprint density at radius 2 is 1.10 bits per heavy atom. The molecule has 29 heteroatoms. The van der Waals surface area contributed by atoms with Crippen LogP contribution in [0.15, 0.2) is 11.6 Å². The lowest BCUT2D eigenvalue weighted by atomic mass is 9.33. The molecule has 10 aliphatic rings. The summed E-state index contributed by atoms with van der Waals surface area (Å²) < 4.78 is 58.7. The lowest BCUT2D eigenvalue weighted by Crippen LogP contribution is -2.72. The van der Waals surface area contributed by atoms with Crippen LogP contribution in [0.2, 0.25) is 0 Å². The second-order valence-corrected chi connectivity index (χ2v) is 28.2. The fraction of sp³-hybridized carbons (Fsp3) is 0.948. The molecule has 33 atom stereocenters. The zero-order chi connectivity index (χ0) is 63.6. The Morgan fingerprint density at radius 1 is 0.540 bits per heavy atom. The van der Waals surface area contributed by atoms with Gasteiger partial charge in [-0.25, -0.2) is 0 Å². The SMILES string of the molecule is C[C@@H]1O[C@@H](O[C@@H]2[C@@H](OC(=O)[C@]34CCC(C)(C)C[C@H]3C3=CCC5[C@@]6(C)C[C@H](O)[C@H](O[C@@H]7O[C@H](CO)[C@@H](O)[C@H](O[C@@H]8O[C@H](CO)[C@@H](O)[C@H](O)[C@H]8O)[C@H]7O)C(CO)(CO)C6CC[C@@]5(C)[C@]3(C)C[C@H]4O)OC[C@@H](O)[C@H]2O)[C@H](O)[C@H](O)[C@H]1O[C@@H]1OC[C@@H](O)[C@H](O)[C@H]1O. The number of allylic oxidation sites excluding steroid dienone is 2. The molecular weight excluding hydrogens is 1160 g/mol. The number of aliphatic hydroxyl groups excluding tert-OH is 18. The first kappa shape index (κ1) is 68.0. The highest BCUT2D eigenvalue weighted by molar-refractivity contribution is 5.80. The fourth-order valence-corrected chi connectivity index (χ4v) is 17.7. The topological polar surface area (TPSA) is 474 Å². The number of ether oxygens (including phenoxy) is 10. The molecule has 0 radical (unpaired) electrons. The summed E-state index contributed by atoms with van der Waals surface area (Å²) in [6.07, 6.45) is -38.9. The molecule has 87 heavy (non-hydrogen) atoms. The molecule has 5 aliphatic carbocycles. The Balaban J connectivity index is 0.890. The third-order valence-electron chi connectivity index (χ3n) is 22.9. The van der Waals surface area contributed by atoms with Crippen molar-refractivity contribution in [1.82, 2.24) is 0 Å². The molecule has 0 spiro atoms. The van der Waals surface area contributed by atoms with Gasteiger partial charge in [-0.05, 0) is 97.7 Å². The van der Waals surface area contributed by atoms with Crippen LogP contribution < -0.4 is 0 Å². The molecule has 5 heterocycles. The van der Waals surface area contributed by atoms with Gasteiger partial charge in [-0.1, -0.05) is 46.3 Å². The number of carbonyl (C=O) groups is 1. The van der Waals surface area contributed by atoms with Crippen molar-refractivity contribution in [3.05, 3.63) is 11.6 Å². The predicted octanol–water partition coefficient (Wildman–Crippen LogP) is -6.02. The van der Waals surface area contributed by atoms with E-state index in [1.165, 1.54) is 6.92 Å². The molecule has 29 nitrogen and oxygen atoms in total. The van der Waals surface area contributed by atoms with E-state index >= 15 is 4.79 Å². The Labute approximate surface area is 502 Å². The van der Waals surface area contributed by atoms with Gasteiger partial charge in [0.05, 0.1) is 64.1 Å². The van der Waals surface area contributed by atoms with Crippen molar-refractivity contribution in [2.45, 2.75) is 253 Å². The number of hydrogen-bond donors (Lipinski definition) is 18. The molecule has 18 N–H and O–H groups in total. The molecule has 9 fully saturated rings. The molecule has 0 bridgehead atoms. The Hall–Kier alpha value is -1.87. The smallest absolute Gasteiger partial charge is 0.317 e. The van der Waals surface area contributed by atoms with E-state index in [1.54, 1.807) is 0 Å². The molecule has 4 saturated carbocycles. The van der Waals surface area contributed by atoms with E-state index in [0.29, 0.717) is 32.1 Å². The first-order valence-corrected chi connectivity index (χ1v) is 30.5. The number of carbonyl (C=O) groups excluding carboxylic acids is 1. The van der Waals surface area contributed by atoms with E-state index in [2.05, 4.69) is 33.8 Å². The number of aliphatic hydroxyl groups is 18. The monoisotopic (exact) mass is 1250 g/mol. The van der Waals surface area contributed by atoms with Gasteiger partial charge in [0.15, 0.2) is 31.3 Å². The molecule has 0 aromatic rings. The Morgan fingerprint density at radius 3 is 1.75 bits per heavy atom. The van der Waals surface area contributed by atoms with Gasteiger partial charge in [-0.2, -0.15) is 0 Å². The van der Waals surface area contributed by atoms with Gasteiger partial charge < -0.3 is 139 Å². The molecule has 0 aromatic carbocycles. The summed E-state index contributed by atoms with van der Waals surface area (Å²) in [6.45, 7) is 7.74. The van der Waals surface area contributed by atoms with E-state index < -0.39 is 244 Å². The van der Waals surface area contributed by atoms with Crippen LogP contribution in [0.1, 0.15) is 92.9 Å². The van der Waals surface area contributed by atoms with Crippen LogP contribution in [0.25, 0.3) is 0 Å². The number of esters is 1. The van der Waals surface area contributed by atoms with Crippen molar-refractivity contribution in [2.24, 2.45) is 50.2 Å². The second-order valence-electron chi connectivity index (χ2n) is 28.2. The summed E-state index contributed by atoms with van der Waals surface area (Å²) in [6, 6.07) is 0. The normalized spacial score (nSPS) is 54.0. The predicted molar refractivity (Wildman–Crippen MR) is 288 cm³/mol. The van der Waals surface area contributed by atoms with Crippen LogP contribution >= 0.6 is 0 Å². The van der Waals surface area contributed by atoms with Crippen LogP contribution in [0.4, 0.5) is 0 Å². The minimum absolute atomic E-state index is 0.0230. The lowest BCUT2D eigenvalue weighted by molar-refractivity contribution is -0.377.